The fourth-order valence-electron chi connectivity index (χ4n) is 3.53. The van der Waals surface area contributed by atoms with Gasteiger partial charge in [-0.1, -0.05) is 24.6 Å². The van der Waals surface area contributed by atoms with E-state index in [2.05, 4.69) is 5.32 Å². The van der Waals surface area contributed by atoms with Gasteiger partial charge in [0.05, 0.1) is 11.5 Å². The second-order valence-electron chi connectivity index (χ2n) is 7.93. The number of rotatable bonds is 9. The van der Waals surface area contributed by atoms with Crippen LogP contribution in [0.5, 0.6) is 5.75 Å². The molecule has 3 rings (SSSR count). The van der Waals surface area contributed by atoms with Crippen LogP contribution in [-0.2, 0) is 24.3 Å². The minimum Gasteiger partial charge on any atom is -0.494 e. The smallest absolute Gasteiger partial charge is 0.331 e. The van der Waals surface area contributed by atoms with E-state index in [0.29, 0.717) is 30.9 Å². The van der Waals surface area contributed by atoms with Gasteiger partial charge in [-0.2, -0.15) is 4.31 Å². The molecule has 182 valence electrons. The monoisotopic (exact) mass is 486 g/mol. The van der Waals surface area contributed by atoms with E-state index in [0.717, 1.165) is 30.6 Å². The Bertz CT molecular complexity index is 1140. The van der Waals surface area contributed by atoms with Crippen molar-refractivity contribution in [2.45, 2.75) is 38.0 Å². The number of hydrogen-bond donors (Lipinski definition) is 1. The van der Waals surface area contributed by atoms with Gasteiger partial charge in [-0.05, 0) is 68.2 Å². The molecule has 0 unspecified atom stereocenters. The molecule has 0 aromatic heterocycles. The molecule has 1 heterocycles. The Morgan fingerprint density at radius 2 is 1.76 bits per heavy atom. The van der Waals surface area contributed by atoms with E-state index in [9.17, 15) is 18.0 Å². The highest BCUT2D eigenvalue weighted by atomic mass is 32.2. The molecular weight excluding hydrogens is 456 g/mol. The molecule has 0 aliphatic carbocycles. The van der Waals surface area contributed by atoms with Crippen molar-refractivity contribution < 1.29 is 27.5 Å². The van der Waals surface area contributed by atoms with E-state index < -0.39 is 28.5 Å². The number of aryl methyl sites for hydroxylation is 1. The maximum Gasteiger partial charge on any atom is 0.331 e. The molecule has 1 aliphatic rings. The van der Waals surface area contributed by atoms with Gasteiger partial charge in [0.25, 0.3) is 5.91 Å². The summed E-state index contributed by atoms with van der Waals surface area (Å²) in [6.07, 6.45) is 5.52. The molecule has 1 N–H and O–H groups in total. The van der Waals surface area contributed by atoms with Crippen molar-refractivity contribution in [3.8, 4) is 5.75 Å². The Morgan fingerprint density at radius 1 is 1.06 bits per heavy atom. The third-order valence-electron chi connectivity index (χ3n) is 5.38. The number of benzene rings is 2. The summed E-state index contributed by atoms with van der Waals surface area (Å²) in [5.41, 5.74) is 1.85. The normalized spacial score (nSPS) is 14.6. The second kappa shape index (κ2) is 11.8. The van der Waals surface area contributed by atoms with Crippen LogP contribution in [0, 0.1) is 6.92 Å². The summed E-state index contributed by atoms with van der Waals surface area (Å²) in [6, 6.07) is 11.8. The molecule has 0 spiro atoms. The van der Waals surface area contributed by atoms with Crippen LogP contribution in [0.4, 0.5) is 5.69 Å². The van der Waals surface area contributed by atoms with E-state index in [4.69, 9.17) is 9.47 Å². The van der Waals surface area contributed by atoms with Gasteiger partial charge in [0.1, 0.15) is 5.75 Å². The van der Waals surface area contributed by atoms with Gasteiger partial charge < -0.3 is 14.8 Å². The maximum absolute atomic E-state index is 12.9. The van der Waals surface area contributed by atoms with Gasteiger partial charge in [-0.15, -0.1) is 0 Å². The number of amides is 1. The summed E-state index contributed by atoms with van der Waals surface area (Å²) in [5.74, 6) is -0.484. The highest BCUT2D eigenvalue weighted by molar-refractivity contribution is 7.89. The zero-order valence-corrected chi connectivity index (χ0v) is 20.3. The number of sulfonamides is 1. The molecule has 1 amide bonds. The molecule has 8 nitrogen and oxygen atoms in total. The molecule has 1 fully saturated rings. The third kappa shape index (κ3) is 6.91. The Balaban J connectivity index is 1.56. The zero-order valence-electron chi connectivity index (χ0n) is 19.5. The minimum atomic E-state index is -3.62. The predicted octanol–water partition coefficient (Wildman–Crippen LogP) is 3.76. The van der Waals surface area contributed by atoms with Crippen LogP contribution in [0.1, 0.15) is 37.3 Å². The molecule has 0 atom stereocenters. The van der Waals surface area contributed by atoms with Crippen molar-refractivity contribution in [2.24, 2.45) is 0 Å². The fourth-order valence-corrected chi connectivity index (χ4v) is 5.07. The van der Waals surface area contributed by atoms with Crippen LogP contribution in [-0.4, -0.2) is 50.9 Å². The molecular formula is C25H30N2O6S. The molecule has 2 aromatic carbocycles. The van der Waals surface area contributed by atoms with Crippen molar-refractivity contribution >= 4 is 33.7 Å². The molecule has 2 aromatic rings. The number of nitrogens with zero attached hydrogens (tertiary/aromatic N) is 1. The molecule has 1 aliphatic heterocycles. The lowest BCUT2D eigenvalue weighted by Crippen LogP contribution is -2.35. The Morgan fingerprint density at radius 3 is 2.44 bits per heavy atom. The molecule has 0 bridgehead atoms. The van der Waals surface area contributed by atoms with E-state index in [1.54, 1.807) is 49.4 Å². The maximum atomic E-state index is 12.9. The Labute approximate surface area is 200 Å². The highest BCUT2D eigenvalue weighted by Crippen LogP contribution is 2.25. The van der Waals surface area contributed by atoms with E-state index >= 15 is 0 Å². The van der Waals surface area contributed by atoms with Crippen molar-refractivity contribution in [3.63, 3.8) is 0 Å². The van der Waals surface area contributed by atoms with Gasteiger partial charge in [-0.3, -0.25) is 4.79 Å². The van der Waals surface area contributed by atoms with Crippen molar-refractivity contribution in [2.75, 3.05) is 31.6 Å². The number of nitrogens with one attached hydrogen (secondary N) is 1. The third-order valence-corrected chi connectivity index (χ3v) is 7.28. The number of anilines is 1. The number of ether oxygens (including phenoxy) is 2. The van der Waals surface area contributed by atoms with Gasteiger partial charge in [0.2, 0.25) is 10.0 Å². The largest absolute Gasteiger partial charge is 0.494 e. The van der Waals surface area contributed by atoms with Gasteiger partial charge in [0, 0.05) is 24.9 Å². The standard InChI is InChI=1S/C25H30N2O6S/c1-3-32-21-11-8-20(9-12-21)10-14-25(29)33-18-24(28)26-23-17-22(13-7-19(23)2)34(30,31)27-15-5-4-6-16-27/h7-14,17H,3-6,15-16,18H2,1-2H3,(H,26,28)/b14-10+. The van der Waals surface area contributed by atoms with Crippen LogP contribution in [0.15, 0.2) is 53.4 Å². The second-order valence-corrected chi connectivity index (χ2v) is 9.87. The fraction of sp³-hybridized carbons (Fsp3) is 0.360. The summed E-state index contributed by atoms with van der Waals surface area (Å²) in [7, 11) is -3.62. The van der Waals surface area contributed by atoms with Gasteiger partial charge in [0.15, 0.2) is 6.61 Å². The number of piperidine rings is 1. The first-order chi connectivity index (χ1) is 16.3. The average Bonchev–Trinajstić information content (AvgIpc) is 2.84. The lowest BCUT2D eigenvalue weighted by atomic mass is 10.2. The SMILES string of the molecule is CCOc1ccc(/C=C/C(=O)OCC(=O)Nc2cc(S(=O)(=O)N3CCCCC3)ccc2C)cc1. The number of esters is 1. The van der Waals surface area contributed by atoms with Crippen molar-refractivity contribution in [1.82, 2.24) is 4.31 Å². The van der Waals surface area contributed by atoms with Crippen LogP contribution in [0.25, 0.3) is 6.08 Å². The zero-order chi connectivity index (χ0) is 24.6. The summed E-state index contributed by atoms with van der Waals surface area (Å²) in [4.78, 5) is 24.4. The van der Waals surface area contributed by atoms with Gasteiger partial charge in [-0.25, -0.2) is 13.2 Å². The van der Waals surface area contributed by atoms with Gasteiger partial charge >= 0.3 is 5.97 Å². The predicted molar refractivity (Wildman–Crippen MR) is 130 cm³/mol. The molecule has 1 saturated heterocycles. The van der Waals surface area contributed by atoms with Crippen LogP contribution < -0.4 is 10.1 Å². The van der Waals surface area contributed by atoms with Crippen LogP contribution >= 0.6 is 0 Å². The number of hydrogen-bond acceptors (Lipinski definition) is 6. The van der Waals surface area contributed by atoms with E-state index in [1.165, 1.54) is 16.4 Å². The first-order valence-electron chi connectivity index (χ1n) is 11.3. The van der Waals surface area contributed by atoms with Crippen molar-refractivity contribution in [3.05, 3.63) is 59.7 Å². The number of carbonyl (C=O) groups excluding carboxylic acids is 2. The first-order valence-corrected chi connectivity index (χ1v) is 12.7. The summed E-state index contributed by atoms with van der Waals surface area (Å²) in [5, 5.41) is 2.64. The average molecular weight is 487 g/mol. The summed E-state index contributed by atoms with van der Waals surface area (Å²) < 4.78 is 37.7. The molecule has 34 heavy (non-hydrogen) atoms. The lowest BCUT2D eigenvalue weighted by molar-refractivity contribution is -0.142. The van der Waals surface area contributed by atoms with E-state index in [-0.39, 0.29) is 4.90 Å². The minimum absolute atomic E-state index is 0.130. The summed E-state index contributed by atoms with van der Waals surface area (Å²) in [6.45, 7) is 4.74. The molecule has 0 radical (unpaired) electrons. The Kier molecular flexibility index (Phi) is 8.84. The van der Waals surface area contributed by atoms with E-state index in [1.807, 2.05) is 6.92 Å². The molecule has 9 heteroatoms. The summed E-state index contributed by atoms with van der Waals surface area (Å²) >= 11 is 0. The van der Waals surface area contributed by atoms with Crippen molar-refractivity contribution in [1.29, 1.82) is 0 Å². The highest BCUT2D eigenvalue weighted by Gasteiger charge is 2.26. The quantitative estimate of drug-likeness (QED) is 0.428. The lowest BCUT2D eigenvalue weighted by Gasteiger charge is -2.26. The Hall–Kier alpha value is -3.17. The molecule has 0 saturated carbocycles. The van der Waals surface area contributed by atoms with Crippen LogP contribution in [0.2, 0.25) is 0 Å². The first kappa shape index (κ1) is 25.5. The number of carbonyl (C=O) groups is 2. The van der Waals surface area contributed by atoms with Crippen LogP contribution in [0.3, 0.4) is 0 Å². The topological polar surface area (TPSA) is 102 Å².